The third-order valence-electron chi connectivity index (χ3n) is 1.34. The fourth-order valence-electron chi connectivity index (χ4n) is 0.751. The van der Waals surface area contributed by atoms with Gasteiger partial charge < -0.3 is 10.8 Å². The molecule has 1 heterocycles. The molecule has 1 rings (SSSR count). The summed E-state index contributed by atoms with van der Waals surface area (Å²) in [6, 6.07) is 3.24. The monoisotopic (exact) mass is 165 g/mol. The quantitative estimate of drug-likeness (QED) is 0.499. The van der Waals surface area contributed by atoms with Gasteiger partial charge in [0.25, 0.3) is 0 Å². The molecule has 0 aromatic carbocycles. The third-order valence-corrected chi connectivity index (χ3v) is 1.34. The molecule has 0 saturated carbocycles. The van der Waals surface area contributed by atoms with E-state index in [4.69, 9.17) is 5.73 Å². The lowest BCUT2D eigenvalue weighted by Crippen LogP contribution is -2.05. The number of pyridine rings is 1. The smallest absolute Gasteiger partial charge is 0.139 e. The molecule has 0 aliphatic rings. The van der Waals surface area contributed by atoms with Gasteiger partial charge in [0.05, 0.1) is 12.4 Å². The van der Waals surface area contributed by atoms with Crippen LogP contribution in [0.5, 0.6) is 5.75 Å². The Morgan fingerprint density at radius 2 is 2.50 bits per heavy atom. The van der Waals surface area contributed by atoms with E-state index in [1.807, 2.05) is 0 Å². The molecule has 0 spiro atoms. The Morgan fingerprint density at radius 1 is 1.75 bits per heavy atom. The standard InChI is InChI=1S/C8H11N3O/c1-6(9)11-5-7-8(12)3-2-4-10-7/h2-4,12H,5H2,1H3,(H2,9,11). The van der Waals surface area contributed by atoms with E-state index in [0.29, 0.717) is 18.1 Å². The molecule has 0 aliphatic carbocycles. The Kier molecular flexibility index (Phi) is 2.63. The third kappa shape index (κ3) is 2.23. The maximum atomic E-state index is 9.25. The highest BCUT2D eigenvalue weighted by Gasteiger charge is 1.98. The van der Waals surface area contributed by atoms with Crippen molar-refractivity contribution in [1.82, 2.24) is 4.98 Å². The van der Waals surface area contributed by atoms with Crippen molar-refractivity contribution in [2.45, 2.75) is 13.5 Å². The minimum absolute atomic E-state index is 0.155. The van der Waals surface area contributed by atoms with E-state index in [1.54, 1.807) is 25.3 Å². The van der Waals surface area contributed by atoms with Gasteiger partial charge in [-0.15, -0.1) is 0 Å². The van der Waals surface area contributed by atoms with Crippen LogP contribution >= 0.6 is 0 Å². The summed E-state index contributed by atoms with van der Waals surface area (Å²) in [4.78, 5) is 7.87. The highest BCUT2D eigenvalue weighted by molar-refractivity contribution is 5.77. The second kappa shape index (κ2) is 3.71. The van der Waals surface area contributed by atoms with E-state index < -0.39 is 0 Å². The van der Waals surface area contributed by atoms with Crippen LogP contribution in [-0.4, -0.2) is 15.9 Å². The van der Waals surface area contributed by atoms with Gasteiger partial charge in [-0.2, -0.15) is 0 Å². The van der Waals surface area contributed by atoms with E-state index in [2.05, 4.69) is 9.98 Å². The van der Waals surface area contributed by atoms with E-state index in [-0.39, 0.29) is 5.75 Å². The number of amidine groups is 1. The van der Waals surface area contributed by atoms with Crippen molar-refractivity contribution < 1.29 is 5.11 Å². The number of nitrogens with zero attached hydrogens (tertiary/aromatic N) is 2. The van der Waals surface area contributed by atoms with E-state index in [9.17, 15) is 5.11 Å². The first kappa shape index (κ1) is 8.52. The van der Waals surface area contributed by atoms with Crippen molar-refractivity contribution >= 4 is 5.84 Å². The summed E-state index contributed by atoms with van der Waals surface area (Å²) in [6.45, 7) is 2.02. The predicted molar refractivity (Wildman–Crippen MR) is 46.9 cm³/mol. The molecule has 0 unspecified atom stereocenters. The molecule has 0 bridgehead atoms. The zero-order valence-electron chi connectivity index (χ0n) is 6.86. The normalized spacial score (nSPS) is 11.6. The Morgan fingerprint density at radius 3 is 3.08 bits per heavy atom. The largest absolute Gasteiger partial charge is 0.506 e. The molecule has 0 amide bonds. The Balaban J connectivity index is 2.76. The lowest BCUT2D eigenvalue weighted by atomic mass is 10.3. The number of hydrogen-bond acceptors (Lipinski definition) is 3. The van der Waals surface area contributed by atoms with Crippen LogP contribution in [0.25, 0.3) is 0 Å². The number of nitrogens with two attached hydrogens (primary N) is 1. The second-order valence-corrected chi connectivity index (χ2v) is 2.43. The first-order valence-corrected chi connectivity index (χ1v) is 3.59. The van der Waals surface area contributed by atoms with Crippen LogP contribution in [0.1, 0.15) is 12.6 Å². The fraction of sp³-hybridized carbons (Fsp3) is 0.250. The maximum absolute atomic E-state index is 9.25. The highest BCUT2D eigenvalue weighted by Crippen LogP contribution is 2.12. The zero-order chi connectivity index (χ0) is 8.97. The van der Waals surface area contributed by atoms with Gasteiger partial charge in [0.1, 0.15) is 11.4 Å². The average molecular weight is 165 g/mol. The van der Waals surface area contributed by atoms with Crippen molar-refractivity contribution in [1.29, 1.82) is 0 Å². The van der Waals surface area contributed by atoms with Gasteiger partial charge in [0.2, 0.25) is 0 Å². The van der Waals surface area contributed by atoms with Gasteiger partial charge >= 0.3 is 0 Å². The summed E-state index contributed by atoms with van der Waals surface area (Å²) in [5, 5.41) is 9.25. The topological polar surface area (TPSA) is 71.5 Å². The van der Waals surface area contributed by atoms with Crippen molar-refractivity contribution in [3.63, 3.8) is 0 Å². The summed E-state index contributed by atoms with van der Waals surface area (Å²) >= 11 is 0. The number of aromatic nitrogens is 1. The molecule has 12 heavy (non-hydrogen) atoms. The van der Waals surface area contributed by atoms with Crippen LogP contribution < -0.4 is 5.73 Å². The van der Waals surface area contributed by atoms with Crippen molar-refractivity contribution in [2.75, 3.05) is 0 Å². The molecular weight excluding hydrogens is 154 g/mol. The summed E-state index contributed by atoms with van der Waals surface area (Å²) in [5.74, 6) is 0.641. The maximum Gasteiger partial charge on any atom is 0.139 e. The molecule has 0 atom stereocenters. The molecule has 4 heteroatoms. The van der Waals surface area contributed by atoms with Crippen molar-refractivity contribution in [3.05, 3.63) is 24.0 Å². The van der Waals surface area contributed by atoms with Crippen LogP contribution in [0.15, 0.2) is 23.3 Å². The minimum Gasteiger partial charge on any atom is -0.506 e. The van der Waals surface area contributed by atoms with Crippen molar-refractivity contribution in [2.24, 2.45) is 10.7 Å². The van der Waals surface area contributed by atoms with Gasteiger partial charge in [-0.3, -0.25) is 9.98 Å². The first-order valence-electron chi connectivity index (χ1n) is 3.59. The number of rotatable bonds is 2. The molecular formula is C8H11N3O. The lowest BCUT2D eigenvalue weighted by molar-refractivity contribution is 0.464. The van der Waals surface area contributed by atoms with Crippen LogP contribution in [0, 0.1) is 0 Å². The van der Waals surface area contributed by atoms with E-state index in [1.165, 1.54) is 0 Å². The second-order valence-electron chi connectivity index (χ2n) is 2.43. The molecule has 0 saturated heterocycles. The zero-order valence-corrected chi connectivity index (χ0v) is 6.86. The van der Waals surface area contributed by atoms with Gasteiger partial charge in [0.15, 0.2) is 0 Å². The van der Waals surface area contributed by atoms with Gasteiger partial charge in [0, 0.05) is 6.20 Å². The van der Waals surface area contributed by atoms with Gasteiger partial charge in [-0.25, -0.2) is 0 Å². The summed E-state index contributed by atoms with van der Waals surface area (Å²) in [6.07, 6.45) is 1.61. The van der Waals surface area contributed by atoms with Crippen LogP contribution in [0.2, 0.25) is 0 Å². The van der Waals surface area contributed by atoms with Crippen LogP contribution in [0.4, 0.5) is 0 Å². The number of hydrogen-bond donors (Lipinski definition) is 2. The summed E-state index contributed by atoms with van der Waals surface area (Å²) < 4.78 is 0. The predicted octanol–water partition coefficient (Wildman–Crippen LogP) is 0.664. The summed E-state index contributed by atoms with van der Waals surface area (Å²) in [5.41, 5.74) is 5.87. The van der Waals surface area contributed by atoms with Crippen LogP contribution in [0.3, 0.4) is 0 Å². The number of aliphatic imine (C=N–C) groups is 1. The molecule has 0 radical (unpaired) electrons. The summed E-state index contributed by atoms with van der Waals surface area (Å²) in [7, 11) is 0. The van der Waals surface area contributed by atoms with E-state index >= 15 is 0 Å². The first-order chi connectivity index (χ1) is 5.70. The molecule has 4 nitrogen and oxygen atoms in total. The molecule has 3 N–H and O–H groups in total. The molecule has 64 valence electrons. The highest BCUT2D eigenvalue weighted by atomic mass is 16.3. The van der Waals surface area contributed by atoms with Crippen molar-refractivity contribution in [3.8, 4) is 5.75 Å². The average Bonchev–Trinajstić information content (AvgIpc) is 2.03. The lowest BCUT2D eigenvalue weighted by Gasteiger charge is -1.98. The Labute approximate surface area is 70.8 Å². The van der Waals surface area contributed by atoms with Crippen LogP contribution in [-0.2, 0) is 6.54 Å². The molecule has 1 aromatic rings. The van der Waals surface area contributed by atoms with Gasteiger partial charge in [-0.05, 0) is 19.1 Å². The Hall–Kier alpha value is -1.58. The molecule has 1 aromatic heterocycles. The van der Waals surface area contributed by atoms with E-state index in [0.717, 1.165) is 0 Å². The SMILES string of the molecule is CC(N)=NCc1ncccc1O. The fourth-order valence-corrected chi connectivity index (χ4v) is 0.751. The molecule has 0 fully saturated rings. The molecule has 0 aliphatic heterocycles. The van der Waals surface area contributed by atoms with Gasteiger partial charge in [-0.1, -0.05) is 0 Å². The minimum atomic E-state index is 0.155. The Bertz CT molecular complexity index is 292. The number of aromatic hydroxyl groups is 1.